The fraction of sp³-hybridized carbons (Fsp3) is 0.900. The van der Waals surface area contributed by atoms with Crippen LogP contribution in [0.3, 0.4) is 0 Å². The van der Waals surface area contributed by atoms with E-state index < -0.39 is 5.60 Å². The molecule has 0 atom stereocenters. The highest BCUT2D eigenvalue weighted by Gasteiger charge is 2.34. The van der Waals surface area contributed by atoms with E-state index in [1.165, 1.54) is 0 Å². The van der Waals surface area contributed by atoms with Crippen LogP contribution in [-0.2, 0) is 4.74 Å². The molecule has 0 aliphatic carbocycles. The molecule has 2 N–H and O–H groups in total. The first-order valence-electron chi connectivity index (χ1n) is 5.06. The van der Waals surface area contributed by atoms with Crippen molar-refractivity contribution >= 4 is 6.09 Å². The van der Waals surface area contributed by atoms with Crippen LogP contribution in [0.4, 0.5) is 4.79 Å². The second-order valence-corrected chi connectivity index (χ2v) is 4.79. The van der Waals surface area contributed by atoms with Crippen LogP contribution >= 0.6 is 0 Å². The molecule has 4 heteroatoms. The first-order valence-corrected chi connectivity index (χ1v) is 5.06. The molecule has 0 aromatic heterocycles. The zero-order valence-corrected chi connectivity index (χ0v) is 9.41. The van der Waals surface area contributed by atoms with Crippen LogP contribution < -0.4 is 5.73 Å². The monoisotopic (exact) mass is 200 g/mol. The van der Waals surface area contributed by atoms with E-state index in [4.69, 9.17) is 10.5 Å². The summed E-state index contributed by atoms with van der Waals surface area (Å²) in [5.41, 5.74) is 5.17. The minimum absolute atomic E-state index is 0.129. The van der Waals surface area contributed by atoms with Gasteiger partial charge in [0.05, 0.1) is 0 Å². The molecule has 0 spiro atoms. The second-order valence-electron chi connectivity index (χ2n) is 4.79. The number of hydrogen-bond acceptors (Lipinski definition) is 3. The number of carbonyl (C=O) groups is 1. The third kappa shape index (κ3) is 2.38. The van der Waals surface area contributed by atoms with Gasteiger partial charge in [0.25, 0.3) is 0 Å². The van der Waals surface area contributed by atoms with Crippen molar-refractivity contribution in [3.05, 3.63) is 0 Å². The zero-order chi connectivity index (χ0) is 10.9. The van der Waals surface area contributed by atoms with Gasteiger partial charge in [0.15, 0.2) is 0 Å². The summed E-state index contributed by atoms with van der Waals surface area (Å²) in [6.07, 6.45) is -0.245. The quantitative estimate of drug-likeness (QED) is 0.728. The number of carbonyl (C=O) groups excluding carboxylic acids is 1. The highest BCUT2D eigenvalue weighted by molar-refractivity contribution is 5.69. The van der Waals surface area contributed by atoms with Crippen LogP contribution in [-0.4, -0.2) is 35.7 Å². The van der Waals surface area contributed by atoms with Crippen LogP contribution in [0.25, 0.3) is 0 Å². The highest BCUT2D eigenvalue weighted by atomic mass is 16.6. The predicted octanol–water partition coefficient (Wildman–Crippen LogP) is 1.20. The van der Waals surface area contributed by atoms with E-state index >= 15 is 0 Å². The van der Waals surface area contributed by atoms with Crippen LogP contribution in [0, 0.1) is 5.92 Å². The van der Waals surface area contributed by atoms with Gasteiger partial charge in [-0.3, -0.25) is 0 Å². The van der Waals surface area contributed by atoms with Gasteiger partial charge in [-0.15, -0.1) is 0 Å². The average molecular weight is 200 g/mol. The SMILES string of the molecule is CC(C)C(C)(C)OC(=O)N1CC(N)C1. The molecule has 82 valence electrons. The van der Waals surface area contributed by atoms with Crippen molar-refractivity contribution in [3.8, 4) is 0 Å². The van der Waals surface area contributed by atoms with Crippen molar-refractivity contribution in [1.82, 2.24) is 4.90 Å². The summed E-state index contributed by atoms with van der Waals surface area (Å²) in [5.74, 6) is 0.307. The standard InChI is InChI=1S/C10H20N2O2/c1-7(2)10(3,4)14-9(13)12-5-8(11)6-12/h7-8H,5-6,11H2,1-4H3. The van der Waals surface area contributed by atoms with E-state index in [0.717, 1.165) is 0 Å². The van der Waals surface area contributed by atoms with Gasteiger partial charge < -0.3 is 15.4 Å². The maximum atomic E-state index is 11.5. The fourth-order valence-electron chi connectivity index (χ4n) is 1.07. The third-order valence-corrected chi connectivity index (χ3v) is 2.91. The van der Waals surface area contributed by atoms with E-state index in [0.29, 0.717) is 19.0 Å². The Labute approximate surface area is 85.4 Å². The molecule has 1 rings (SSSR count). The molecule has 1 heterocycles. The maximum Gasteiger partial charge on any atom is 0.410 e. The van der Waals surface area contributed by atoms with Crippen molar-refractivity contribution in [3.63, 3.8) is 0 Å². The third-order valence-electron chi connectivity index (χ3n) is 2.91. The molecule has 14 heavy (non-hydrogen) atoms. The Morgan fingerprint density at radius 3 is 2.36 bits per heavy atom. The molecule has 1 saturated heterocycles. The molecule has 4 nitrogen and oxygen atoms in total. The molecule has 1 fully saturated rings. The Hall–Kier alpha value is -0.770. The van der Waals surface area contributed by atoms with Crippen molar-refractivity contribution in [2.24, 2.45) is 11.7 Å². The largest absolute Gasteiger partial charge is 0.443 e. The molecule has 0 bridgehead atoms. The van der Waals surface area contributed by atoms with Crippen LogP contribution in [0.5, 0.6) is 0 Å². The Morgan fingerprint density at radius 2 is 2.00 bits per heavy atom. The fourth-order valence-corrected chi connectivity index (χ4v) is 1.07. The van der Waals surface area contributed by atoms with Gasteiger partial charge in [0, 0.05) is 19.1 Å². The lowest BCUT2D eigenvalue weighted by Crippen LogP contribution is -2.59. The van der Waals surface area contributed by atoms with Gasteiger partial charge in [-0.2, -0.15) is 0 Å². The summed E-state index contributed by atoms with van der Waals surface area (Å²) in [5, 5.41) is 0. The molecule has 0 aromatic rings. The molecule has 1 aliphatic heterocycles. The number of hydrogen-bond donors (Lipinski definition) is 1. The van der Waals surface area contributed by atoms with E-state index in [-0.39, 0.29) is 12.1 Å². The lowest BCUT2D eigenvalue weighted by atomic mass is 9.95. The number of rotatable bonds is 2. The Kier molecular flexibility index (Phi) is 3.04. The number of amides is 1. The predicted molar refractivity (Wildman–Crippen MR) is 54.9 cm³/mol. The highest BCUT2D eigenvalue weighted by Crippen LogP contribution is 2.22. The van der Waals surface area contributed by atoms with Gasteiger partial charge in [0.2, 0.25) is 0 Å². The molecular weight excluding hydrogens is 180 g/mol. The van der Waals surface area contributed by atoms with Gasteiger partial charge in [-0.25, -0.2) is 4.79 Å². The first-order chi connectivity index (χ1) is 6.33. The molecule has 0 aromatic carbocycles. The molecule has 1 amide bonds. The summed E-state index contributed by atoms with van der Waals surface area (Å²) in [6, 6.07) is 0.129. The van der Waals surface area contributed by atoms with Crippen LogP contribution in [0.2, 0.25) is 0 Å². The number of ether oxygens (including phenoxy) is 1. The summed E-state index contributed by atoms with van der Waals surface area (Å²) < 4.78 is 5.38. The molecule has 1 aliphatic rings. The van der Waals surface area contributed by atoms with Gasteiger partial charge in [-0.1, -0.05) is 13.8 Å². The lowest BCUT2D eigenvalue weighted by Gasteiger charge is -2.39. The van der Waals surface area contributed by atoms with Crippen molar-refractivity contribution in [2.45, 2.75) is 39.3 Å². The summed E-state index contributed by atoms with van der Waals surface area (Å²) >= 11 is 0. The van der Waals surface area contributed by atoms with Crippen molar-refractivity contribution in [2.75, 3.05) is 13.1 Å². The molecular formula is C10H20N2O2. The lowest BCUT2D eigenvalue weighted by molar-refractivity contribution is -0.0258. The van der Waals surface area contributed by atoms with Gasteiger partial charge in [0.1, 0.15) is 5.60 Å². The topological polar surface area (TPSA) is 55.6 Å². The van der Waals surface area contributed by atoms with E-state index in [1.54, 1.807) is 4.90 Å². The molecule has 0 saturated carbocycles. The normalized spacial score (nSPS) is 18.3. The van der Waals surface area contributed by atoms with E-state index in [1.807, 2.05) is 27.7 Å². The Morgan fingerprint density at radius 1 is 1.50 bits per heavy atom. The number of nitrogens with two attached hydrogens (primary N) is 1. The van der Waals surface area contributed by atoms with Crippen molar-refractivity contribution in [1.29, 1.82) is 0 Å². The van der Waals surface area contributed by atoms with Crippen LogP contribution in [0.15, 0.2) is 0 Å². The number of nitrogens with zero attached hydrogens (tertiary/aromatic N) is 1. The zero-order valence-electron chi connectivity index (χ0n) is 9.41. The van der Waals surface area contributed by atoms with Gasteiger partial charge in [-0.05, 0) is 19.8 Å². The summed E-state index contributed by atoms with van der Waals surface area (Å²) in [7, 11) is 0. The minimum atomic E-state index is -0.406. The Balaban J connectivity index is 2.41. The summed E-state index contributed by atoms with van der Waals surface area (Å²) in [4.78, 5) is 13.2. The number of likely N-dealkylation sites (tertiary alicyclic amines) is 1. The maximum absolute atomic E-state index is 11.5. The van der Waals surface area contributed by atoms with E-state index in [2.05, 4.69) is 0 Å². The Bertz CT molecular complexity index is 220. The van der Waals surface area contributed by atoms with Crippen LogP contribution in [0.1, 0.15) is 27.7 Å². The first kappa shape index (κ1) is 11.3. The van der Waals surface area contributed by atoms with Crippen molar-refractivity contribution < 1.29 is 9.53 Å². The minimum Gasteiger partial charge on any atom is -0.443 e. The van der Waals surface area contributed by atoms with Gasteiger partial charge >= 0.3 is 6.09 Å². The average Bonchev–Trinajstić information content (AvgIpc) is 1.97. The molecule has 0 unspecified atom stereocenters. The smallest absolute Gasteiger partial charge is 0.410 e. The summed E-state index contributed by atoms with van der Waals surface area (Å²) in [6.45, 7) is 9.16. The molecule has 0 radical (unpaired) electrons. The van der Waals surface area contributed by atoms with E-state index in [9.17, 15) is 4.79 Å². The second kappa shape index (κ2) is 3.77.